The molecule has 0 unspecified atom stereocenters. The molecule has 0 atom stereocenters. The van der Waals surface area contributed by atoms with Gasteiger partial charge in [0.05, 0.1) is 5.71 Å². The fourth-order valence-corrected chi connectivity index (χ4v) is 3.09. The van der Waals surface area contributed by atoms with Crippen LogP contribution in [0.15, 0.2) is 59.7 Å². The van der Waals surface area contributed by atoms with E-state index in [1.807, 2.05) is 6.07 Å². The Hall–Kier alpha value is -2.73. The lowest BCUT2D eigenvalue weighted by molar-refractivity contribution is -0.121. The van der Waals surface area contributed by atoms with E-state index in [-0.39, 0.29) is 11.7 Å². The van der Waals surface area contributed by atoms with Crippen LogP contribution in [0, 0.1) is 5.82 Å². The number of carbonyl (C=O) groups excluding carboxylic acids is 1. The number of nitrogens with zero attached hydrogens (tertiary/aromatic N) is 3. The topological polar surface area (TPSA) is 47.9 Å². The lowest BCUT2D eigenvalue weighted by atomic mass is 10.1. The van der Waals surface area contributed by atoms with Gasteiger partial charge in [0.2, 0.25) is 5.91 Å². The second-order valence-electron chi connectivity index (χ2n) is 6.65. The lowest BCUT2D eigenvalue weighted by Gasteiger charge is -2.36. The summed E-state index contributed by atoms with van der Waals surface area (Å²) >= 11 is 0. The van der Waals surface area contributed by atoms with Gasteiger partial charge in [0, 0.05) is 44.8 Å². The summed E-state index contributed by atoms with van der Waals surface area (Å²) in [5.41, 5.74) is 5.28. The minimum Gasteiger partial charge on any atom is -0.369 e. The van der Waals surface area contributed by atoms with E-state index < -0.39 is 0 Å². The molecule has 1 N–H and O–H groups in total. The molecule has 1 heterocycles. The zero-order valence-electron chi connectivity index (χ0n) is 15.6. The van der Waals surface area contributed by atoms with E-state index in [0.717, 1.165) is 38.3 Å². The smallest absolute Gasteiger partial charge is 0.241 e. The van der Waals surface area contributed by atoms with E-state index in [4.69, 9.17) is 0 Å². The van der Waals surface area contributed by atoms with E-state index in [1.54, 1.807) is 19.1 Å². The molecule has 1 aliphatic rings. The number of benzene rings is 2. The summed E-state index contributed by atoms with van der Waals surface area (Å²) in [6.45, 7) is 6.33. The Morgan fingerprint density at radius 2 is 1.70 bits per heavy atom. The molecule has 27 heavy (non-hydrogen) atoms. The fraction of sp³-hybridized carbons (Fsp3) is 0.333. The molecule has 1 aliphatic heterocycles. The number of hydrazone groups is 1. The van der Waals surface area contributed by atoms with E-state index in [1.165, 1.54) is 17.8 Å². The molecule has 0 bridgehead atoms. The van der Waals surface area contributed by atoms with Crippen LogP contribution in [0.3, 0.4) is 0 Å². The van der Waals surface area contributed by atoms with Gasteiger partial charge in [0.25, 0.3) is 0 Å². The van der Waals surface area contributed by atoms with Crippen molar-refractivity contribution in [3.63, 3.8) is 0 Å². The molecule has 0 saturated carbocycles. The number of anilines is 1. The Labute approximate surface area is 159 Å². The van der Waals surface area contributed by atoms with Crippen molar-refractivity contribution in [1.29, 1.82) is 0 Å². The van der Waals surface area contributed by atoms with E-state index in [0.29, 0.717) is 12.1 Å². The Bertz CT molecular complexity index is 769. The van der Waals surface area contributed by atoms with Gasteiger partial charge in [-0.2, -0.15) is 5.10 Å². The second kappa shape index (κ2) is 9.28. The van der Waals surface area contributed by atoms with Crippen LogP contribution in [0.2, 0.25) is 0 Å². The third kappa shape index (κ3) is 5.62. The van der Waals surface area contributed by atoms with Crippen LogP contribution in [-0.4, -0.2) is 49.2 Å². The van der Waals surface area contributed by atoms with E-state index in [2.05, 4.69) is 44.6 Å². The van der Waals surface area contributed by atoms with Gasteiger partial charge in [-0.15, -0.1) is 0 Å². The lowest BCUT2D eigenvalue weighted by Crippen LogP contribution is -2.47. The summed E-state index contributed by atoms with van der Waals surface area (Å²) in [6, 6.07) is 16.4. The first kappa shape index (κ1) is 19.0. The van der Waals surface area contributed by atoms with Crippen molar-refractivity contribution in [1.82, 2.24) is 10.3 Å². The van der Waals surface area contributed by atoms with Crippen LogP contribution < -0.4 is 10.3 Å². The summed E-state index contributed by atoms with van der Waals surface area (Å²) in [6.07, 6.45) is 0.408. The van der Waals surface area contributed by atoms with Gasteiger partial charge < -0.3 is 4.90 Å². The molecule has 142 valence electrons. The molecular formula is C21H25FN4O. The highest BCUT2D eigenvalue weighted by molar-refractivity contribution is 5.99. The molecule has 5 nitrogen and oxygen atoms in total. The Balaban J connectivity index is 1.39. The van der Waals surface area contributed by atoms with Crippen molar-refractivity contribution in [2.75, 3.05) is 37.6 Å². The highest BCUT2D eigenvalue weighted by atomic mass is 19.1. The number of hydrogen-bond donors (Lipinski definition) is 1. The largest absolute Gasteiger partial charge is 0.369 e. The summed E-state index contributed by atoms with van der Waals surface area (Å²) in [7, 11) is 0. The normalized spacial score (nSPS) is 15.6. The average Bonchev–Trinajstić information content (AvgIpc) is 2.72. The van der Waals surface area contributed by atoms with E-state index >= 15 is 0 Å². The average molecular weight is 368 g/mol. The zero-order valence-corrected chi connectivity index (χ0v) is 15.6. The number of halogens is 1. The predicted molar refractivity (Wildman–Crippen MR) is 106 cm³/mol. The van der Waals surface area contributed by atoms with Gasteiger partial charge in [-0.3, -0.25) is 9.69 Å². The molecular weight excluding hydrogens is 343 g/mol. The molecule has 2 aromatic carbocycles. The molecule has 1 amide bonds. The number of rotatable bonds is 6. The van der Waals surface area contributed by atoms with Crippen molar-refractivity contribution in [2.24, 2.45) is 5.10 Å². The Morgan fingerprint density at radius 3 is 2.37 bits per heavy atom. The fourth-order valence-electron chi connectivity index (χ4n) is 3.09. The number of para-hydroxylation sites is 1. The van der Waals surface area contributed by atoms with E-state index in [9.17, 15) is 9.18 Å². The summed E-state index contributed by atoms with van der Waals surface area (Å²) in [4.78, 5) is 16.7. The van der Waals surface area contributed by atoms with Gasteiger partial charge >= 0.3 is 0 Å². The highest BCUT2D eigenvalue weighted by Gasteiger charge is 2.17. The maximum Gasteiger partial charge on any atom is 0.241 e. The first-order valence-corrected chi connectivity index (χ1v) is 9.23. The minimum atomic E-state index is -0.289. The number of hydrogen-bond acceptors (Lipinski definition) is 4. The predicted octanol–water partition coefficient (Wildman–Crippen LogP) is 2.88. The first-order valence-electron chi connectivity index (χ1n) is 9.23. The minimum absolute atomic E-state index is 0.109. The standard InChI is InChI=1S/C21H25FN4O/c1-17(18-7-9-19(22)10-8-18)23-24-21(27)11-12-25-13-15-26(16-14-25)20-5-3-2-4-6-20/h2-10H,11-16H2,1H3,(H,24,27)/b23-17+. The van der Waals surface area contributed by atoms with Crippen molar-refractivity contribution in [3.8, 4) is 0 Å². The van der Waals surface area contributed by atoms with Crippen molar-refractivity contribution < 1.29 is 9.18 Å². The Kier molecular flexibility index (Phi) is 6.54. The SMILES string of the molecule is C/C(=N\NC(=O)CCN1CCN(c2ccccc2)CC1)c1ccc(F)cc1. The van der Waals surface area contributed by atoms with Crippen LogP contribution >= 0.6 is 0 Å². The van der Waals surface area contributed by atoms with Gasteiger partial charge in [-0.05, 0) is 36.8 Å². The molecule has 2 aromatic rings. The molecule has 1 saturated heterocycles. The molecule has 0 aliphatic carbocycles. The molecule has 0 aromatic heterocycles. The van der Waals surface area contributed by atoms with Crippen LogP contribution in [0.4, 0.5) is 10.1 Å². The number of amides is 1. The molecule has 3 rings (SSSR count). The molecule has 1 fully saturated rings. The van der Waals surface area contributed by atoms with Crippen LogP contribution in [0.5, 0.6) is 0 Å². The maximum atomic E-state index is 12.9. The summed E-state index contributed by atoms with van der Waals surface area (Å²) in [5, 5.41) is 4.11. The third-order valence-corrected chi connectivity index (χ3v) is 4.76. The quantitative estimate of drug-likeness (QED) is 0.630. The summed E-state index contributed by atoms with van der Waals surface area (Å²) < 4.78 is 12.9. The van der Waals surface area contributed by atoms with Crippen LogP contribution in [0.25, 0.3) is 0 Å². The highest BCUT2D eigenvalue weighted by Crippen LogP contribution is 2.15. The van der Waals surface area contributed by atoms with Crippen molar-refractivity contribution >= 4 is 17.3 Å². The second-order valence-corrected chi connectivity index (χ2v) is 6.65. The van der Waals surface area contributed by atoms with Crippen molar-refractivity contribution in [2.45, 2.75) is 13.3 Å². The third-order valence-electron chi connectivity index (χ3n) is 4.76. The van der Waals surface area contributed by atoms with Crippen molar-refractivity contribution in [3.05, 3.63) is 66.0 Å². The first-order chi connectivity index (χ1) is 13.1. The van der Waals surface area contributed by atoms with Crippen LogP contribution in [-0.2, 0) is 4.79 Å². The van der Waals surface area contributed by atoms with Gasteiger partial charge in [-0.1, -0.05) is 30.3 Å². The number of piperazine rings is 1. The number of carbonyl (C=O) groups is 1. The van der Waals surface area contributed by atoms with Gasteiger partial charge in [-0.25, -0.2) is 9.82 Å². The monoisotopic (exact) mass is 368 g/mol. The van der Waals surface area contributed by atoms with Gasteiger partial charge in [0.1, 0.15) is 5.82 Å². The van der Waals surface area contributed by atoms with Crippen LogP contribution in [0.1, 0.15) is 18.9 Å². The summed E-state index contributed by atoms with van der Waals surface area (Å²) in [5.74, 6) is -0.398. The Morgan fingerprint density at radius 1 is 1.04 bits per heavy atom. The zero-order chi connectivity index (χ0) is 19.1. The van der Waals surface area contributed by atoms with Gasteiger partial charge in [0.15, 0.2) is 0 Å². The maximum absolute atomic E-state index is 12.9. The molecule has 0 spiro atoms. The molecule has 0 radical (unpaired) electrons. The molecule has 6 heteroatoms. The number of nitrogens with one attached hydrogen (secondary N) is 1.